The number of carboxylic acids is 1. The first-order valence-electron chi connectivity index (χ1n) is 6.93. The molecule has 0 saturated carbocycles. The van der Waals surface area contributed by atoms with Crippen LogP contribution in [-0.2, 0) is 14.3 Å². The van der Waals surface area contributed by atoms with E-state index in [9.17, 15) is 14.7 Å². The summed E-state index contributed by atoms with van der Waals surface area (Å²) in [7, 11) is 1.57. The monoisotopic (exact) mass is 291 g/mol. The number of carboxylic acid groups (broad SMARTS) is 1. The van der Waals surface area contributed by atoms with Gasteiger partial charge in [-0.25, -0.2) is 0 Å². The lowest BCUT2D eigenvalue weighted by Crippen LogP contribution is -2.40. The minimum Gasteiger partial charge on any atom is -0.497 e. The highest BCUT2D eigenvalue weighted by molar-refractivity contribution is 5.96. The zero-order valence-electron chi connectivity index (χ0n) is 11.6. The third kappa shape index (κ3) is 2.47. The molecule has 1 aromatic carbocycles. The predicted molar refractivity (Wildman–Crippen MR) is 74.1 cm³/mol. The van der Waals surface area contributed by atoms with Gasteiger partial charge in [0.25, 0.3) is 0 Å². The van der Waals surface area contributed by atoms with Gasteiger partial charge >= 0.3 is 5.97 Å². The third-order valence-corrected chi connectivity index (χ3v) is 4.22. The molecule has 112 valence electrons. The van der Waals surface area contributed by atoms with Gasteiger partial charge < -0.3 is 19.9 Å². The first-order valence-corrected chi connectivity index (χ1v) is 6.93. The molecule has 6 heteroatoms. The number of carbonyl (C=O) groups is 2. The number of amides is 1. The van der Waals surface area contributed by atoms with E-state index in [-0.39, 0.29) is 18.1 Å². The van der Waals surface area contributed by atoms with E-state index < -0.39 is 17.8 Å². The quantitative estimate of drug-likeness (QED) is 0.878. The molecule has 2 heterocycles. The second-order valence-electron chi connectivity index (χ2n) is 5.40. The van der Waals surface area contributed by atoms with Crippen molar-refractivity contribution in [2.45, 2.75) is 25.0 Å². The lowest BCUT2D eigenvalue weighted by Gasteiger charge is -2.23. The first kappa shape index (κ1) is 13.9. The molecular weight excluding hydrogens is 274 g/mol. The van der Waals surface area contributed by atoms with E-state index in [2.05, 4.69) is 5.32 Å². The number of benzene rings is 1. The van der Waals surface area contributed by atoms with Crippen LogP contribution in [0.3, 0.4) is 0 Å². The molecule has 0 radical (unpaired) electrons. The number of ether oxygens (including phenoxy) is 2. The van der Waals surface area contributed by atoms with Crippen molar-refractivity contribution >= 4 is 17.6 Å². The molecule has 6 nitrogen and oxygen atoms in total. The van der Waals surface area contributed by atoms with Gasteiger partial charge in [0, 0.05) is 5.69 Å². The molecule has 2 aliphatic heterocycles. The van der Waals surface area contributed by atoms with Gasteiger partial charge in [-0.2, -0.15) is 0 Å². The molecular formula is C15H17NO5. The number of rotatable bonds is 4. The molecule has 1 aromatic rings. The Morgan fingerprint density at radius 2 is 1.81 bits per heavy atom. The van der Waals surface area contributed by atoms with E-state index in [1.54, 1.807) is 31.4 Å². The molecule has 4 atom stereocenters. The SMILES string of the molecule is COc1ccc(NC(=O)C2C(C(=O)O)[C@H]3CC[C@H]2O3)cc1. The molecule has 1 amide bonds. The molecule has 0 spiro atoms. The second kappa shape index (κ2) is 5.37. The lowest BCUT2D eigenvalue weighted by atomic mass is 9.78. The summed E-state index contributed by atoms with van der Waals surface area (Å²) in [4.78, 5) is 23.8. The Hall–Kier alpha value is -2.08. The van der Waals surface area contributed by atoms with Crippen molar-refractivity contribution in [3.63, 3.8) is 0 Å². The normalized spacial score (nSPS) is 30.1. The fourth-order valence-electron chi connectivity index (χ4n) is 3.22. The van der Waals surface area contributed by atoms with Crippen LogP contribution < -0.4 is 10.1 Å². The summed E-state index contributed by atoms with van der Waals surface area (Å²) >= 11 is 0. The van der Waals surface area contributed by atoms with Crippen molar-refractivity contribution in [1.82, 2.24) is 0 Å². The Morgan fingerprint density at radius 1 is 1.19 bits per heavy atom. The van der Waals surface area contributed by atoms with Crippen LogP contribution in [0.25, 0.3) is 0 Å². The van der Waals surface area contributed by atoms with Crippen LogP contribution in [0.15, 0.2) is 24.3 Å². The van der Waals surface area contributed by atoms with Gasteiger partial charge in [-0.15, -0.1) is 0 Å². The molecule has 0 aliphatic carbocycles. The van der Waals surface area contributed by atoms with Crippen LogP contribution in [0.2, 0.25) is 0 Å². The standard InChI is InChI=1S/C15H17NO5/c1-20-9-4-2-8(3-5-9)16-14(17)12-10-6-7-11(21-10)13(12)15(18)19/h2-5,10-13H,6-7H2,1H3,(H,16,17)(H,18,19)/t10-,11-,12?,13?/m1/s1. The van der Waals surface area contributed by atoms with E-state index in [0.717, 1.165) is 6.42 Å². The Balaban J connectivity index is 1.73. The molecule has 2 N–H and O–H groups in total. The molecule has 2 bridgehead atoms. The molecule has 2 saturated heterocycles. The van der Waals surface area contributed by atoms with Crippen molar-refractivity contribution in [2.24, 2.45) is 11.8 Å². The van der Waals surface area contributed by atoms with Crippen molar-refractivity contribution < 1.29 is 24.2 Å². The minimum absolute atomic E-state index is 0.283. The van der Waals surface area contributed by atoms with Crippen LogP contribution in [0.4, 0.5) is 5.69 Å². The molecule has 3 rings (SSSR count). The van der Waals surface area contributed by atoms with E-state index in [1.165, 1.54) is 0 Å². The first-order chi connectivity index (χ1) is 10.1. The fraction of sp³-hybridized carbons (Fsp3) is 0.467. The summed E-state index contributed by atoms with van der Waals surface area (Å²) in [6.07, 6.45) is 0.844. The maximum absolute atomic E-state index is 12.4. The summed E-state index contributed by atoms with van der Waals surface area (Å²) in [6, 6.07) is 6.92. The topological polar surface area (TPSA) is 84.9 Å². The van der Waals surface area contributed by atoms with Gasteiger partial charge in [0.1, 0.15) is 5.75 Å². The maximum atomic E-state index is 12.4. The predicted octanol–water partition coefficient (Wildman–Crippen LogP) is 1.51. The number of hydrogen-bond donors (Lipinski definition) is 2. The van der Waals surface area contributed by atoms with Crippen molar-refractivity contribution in [3.8, 4) is 5.75 Å². The molecule has 21 heavy (non-hydrogen) atoms. The average Bonchev–Trinajstić information content (AvgIpc) is 3.08. The number of anilines is 1. The number of nitrogens with one attached hydrogen (secondary N) is 1. The van der Waals surface area contributed by atoms with E-state index in [4.69, 9.17) is 9.47 Å². The van der Waals surface area contributed by atoms with Crippen molar-refractivity contribution in [3.05, 3.63) is 24.3 Å². The van der Waals surface area contributed by atoms with E-state index >= 15 is 0 Å². The Bertz CT molecular complexity index is 556. The Morgan fingerprint density at radius 3 is 2.38 bits per heavy atom. The Labute approximate surface area is 122 Å². The summed E-state index contributed by atoms with van der Waals surface area (Å²) in [5.74, 6) is -1.93. The summed E-state index contributed by atoms with van der Waals surface area (Å²) in [5, 5.41) is 12.1. The Kier molecular flexibility index (Phi) is 3.55. The largest absolute Gasteiger partial charge is 0.497 e. The summed E-state index contributed by atoms with van der Waals surface area (Å²) in [5.41, 5.74) is 0.618. The second-order valence-corrected chi connectivity index (χ2v) is 5.40. The van der Waals surface area contributed by atoms with Crippen molar-refractivity contribution in [2.75, 3.05) is 12.4 Å². The van der Waals surface area contributed by atoms with Crippen molar-refractivity contribution in [1.29, 1.82) is 0 Å². The van der Waals surface area contributed by atoms with E-state index in [0.29, 0.717) is 17.9 Å². The number of hydrogen-bond acceptors (Lipinski definition) is 4. The molecule has 2 aliphatic rings. The van der Waals surface area contributed by atoms with Gasteiger partial charge in [0.05, 0.1) is 31.2 Å². The molecule has 2 unspecified atom stereocenters. The number of aliphatic carboxylic acids is 1. The number of carbonyl (C=O) groups excluding carboxylic acids is 1. The fourth-order valence-corrected chi connectivity index (χ4v) is 3.22. The van der Waals surface area contributed by atoms with Gasteiger partial charge in [0.15, 0.2) is 0 Å². The zero-order valence-corrected chi connectivity index (χ0v) is 11.6. The molecule has 2 fully saturated rings. The minimum atomic E-state index is -0.961. The maximum Gasteiger partial charge on any atom is 0.310 e. The van der Waals surface area contributed by atoms with Gasteiger partial charge in [-0.05, 0) is 37.1 Å². The molecule has 0 aromatic heterocycles. The van der Waals surface area contributed by atoms with E-state index in [1.807, 2.05) is 0 Å². The lowest BCUT2D eigenvalue weighted by molar-refractivity contribution is -0.147. The van der Waals surface area contributed by atoms with Crippen LogP contribution in [0.5, 0.6) is 5.75 Å². The van der Waals surface area contributed by atoms with Gasteiger partial charge in [0.2, 0.25) is 5.91 Å². The van der Waals surface area contributed by atoms with Crippen LogP contribution in [0, 0.1) is 11.8 Å². The number of methoxy groups -OCH3 is 1. The summed E-state index contributed by atoms with van der Waals surface area (Å²) < 4.78 is 10.6. The highest BCUT2D eigenvalue weighted by atomic mass is 16.5. The highest BCUT2D eigenvalue weighted by Crippen LogP contribution is 2.44. The average molecular weight is 291 g/mol. The smallest absolute Gasteiger partial charge is 0.310 e. The van der Waals surface area contributed by atoms with Crippen LogP contribution >= 0.6 is 0 Å². The van der Waals surface area contributed by atoms with Crippen LogP contribution in [-0.4, -0.2) is 36.3 Å². The van der Waals surface area contributed by atoms with Gasteiger partial charge in [-0.3, -0.25) is 9.59 Å². The summed E-state index contributed by atoms with van der Waals surface area (Å²) in [6.45, 7) is 0. The number of fused-ring (bicyclic) bond motifs is 2. The zero-order chi connectivity index (χ0) is 15.0. The highest BCUT2D eigenvalue weighted by Gasteiger charge is 2.55. The van der Waals surface area contributed by atoms with Gasteiger partial charge in [-0.1, -0.05) is 0 Å². The van der Waals surface area contributed by atoms with Crippen LogP contribution in [0.1, 0.15) is 12.8 Å². The third-order valence-electron chi connectivity index (χ3n) is 4.22.